The number of hydrogen-bond acceptors (Lipinski definition) is 5. The summed E-state index contributed by atoms with van der Waals surface area (Å²) in [4.78, 5) is 14.7. The molecule has 1 heterocycles. The summed E-state index contributed by atoms with van der Waals surface area (Å²) < 4.78 is 37.1. The van der Waals surface area contributed by atoms with E-state index in [1.807, 2.05) is 30.3 Å². The minimum Gasteiger partial charge on any atom is -0.493 e. The van der Waals surface area contributed by atoms with Crippen molar-refractivity contribution >= 4 is 24.9 Å². The maximum atomic E-state index is 13.7. The highest BCUT2D eigenvalue weighted by Crippen LogP contribution is 2.33. The van der Waals surface area contributed by atoms with Gasteiger partial charge in [-0.2, -0.15) is 0 Å². The van der Waals surface area contributed by atoms with Crippen LogP contribution in [0.5, 0.6) is 5.75 Å². The molecule has 2 atom stereocenters. The van der Waals surface area contributed by atoms with Gasteiger partial charge in [0, 0.05) is 46.1 Å². The third-order valence-electron chi connectivity index (χ3n) is 7.29. The van der Waals surface area contributed by atoms with Crippen LogP contribution in [0.3, 0.4) is 0 Å². The molecule has 3 aromatic rings. The van der Waals surface area contributed by atoms with E-state index in [4.69, 9.17) is 18.9 Å². The molecular weight excluding hydrogens is 525 g/mol. The minimum atomic E-state index is -1.30. The fourth-order valence-electron chi connectivity index (χ4n) is 5.00. The van der Waals surface area contributed by atoms with Crippen LogP contribution in [0.1, 0.15) is 29.9 Å². The van der Waals surface area contributed by atoms with Crippen molar-refractivity contribution in [3.63, 3.8) is 0 Å². The number of fused-ring (bicyclic) bond motifs is 1. The average Bonchev–Trinajstić information content (AvgIpc) is 2.93. The smallest absolute Gasteiger partial charge is 0.409 e. The number of likely N-dealkylation sites (tertiary alicyclic amines) is 1. The van der Waals surface area contributed by atoms with Gasteiger partial charge in [-0.1, -0.05) is 56.0 Å². The quantitative estimate of drug-likeness (QED) is 0.171. The molecule has 40 heavy (non-hydrogen) atoms. The van der Waals surface area contributed by atoms with Gasteiger partial charge in [0.15, 0.2) is 0 Å². The fourth-order valence-corrected chi connectivity index (χ4v) is 5.72. The number of nitrogens with zero attached hydrogens (tertiary/aromatic N) is 1. The Morgan fingerprint density at radius 2 is 1.80 bits per heavy atom. The first kappa shape index (κ1) is 30.0. The molecule has 0 bridgehead atoms. The summed E-state index contributed by atoms with van der Waals surface area (Å²) in [5.74, 6) is 0.592. The topological polar surface area (TPSA) is 57.2 Å². The monoisotopic (exact) mass is 567 g/mol. The Labute approximate surface area is 238 Å². The van der Waals surface area contributed by atoms with Gasteiger partial charge in [-0.3, -0.25) is 0 Å². The SMILES string of the molecule is COCCCOc1cc(COC2CN(C(=O)OCC[Si](C)(C)C)CCC2c2ccc(F)cc2)cc2ccccc12. The third kappa shape index (κ3) is 8.53. The van der Waals surface area contributed by atoms with E-state index in [1.54, 1.807) is 12.0 Å². The van der Waals surface area contributed by atoms with E-state index in [1.165, 1.54) is 12.1 Å². The molecule has 0 radical (unpaired) electrons. The highest BCUT2D eigenvalue weighted by Gasteiger charge is 2.34. The zero-order chi connectivity index (χ0) is 28.5. The Hall–Kier alpha value is -2.94. The lowest BCUT2D eigenvalue weighted by molar-refractivity contribution is -0.0234. The molecular formula is C32H42FNO5Si. The van der Waals surface area contributed by atoms with Gasteiger partial charge in [0.2, 0.25) is 0 Å². The Morgan fingerprint density at radius 3 is 2.55 bits per heavy atom. The second-order valence-electron chi connectivity index (χ2n) is 11.7. The Kier molecular flexibility index (Phi) is 10.6. The maximum Gasteiger partial charge on any atom is 0.409 e. The van der Waals surface area contributed by atoms with Crippen molar-refractivity contribution in [3.05, 3.63) is 77.6 Å². The Morgan fingerprint density at radius 1 is 1.02 bits per heavy atom. The molecule has 4 rings (SSSR count). The predicted octanol–water partition coefficient (Wildman–Crippen LogP) is 7.24. The van der Waals surface area contributed by atoms with Gasteiger partial charge >= 0.3 is 6.09 Å². The van der Waals surface area contributed by atoms with E-state index in [0.717, 1.165) is 40.1 Å². The standard InChI is InChI=1S/C32H42FNO5Si/c1-36-16-7-17-37-30-21-24(20-26-8-5-6-9-28(26)30)23-39-31-22-34(32(35)38-18-19-40(2,3)4)15-14-29(31)25-10-12-27(33)13-11-25/h5-6,8-13,20-21,29,31H,7,14-19,22-23H2,1-4H3. The first-order valence-electron chi connectivity index (χ1n) is 14.2. The molecule has 0 saturated carbocycles. The van der Waals surface area contributed by atoms with Gasteiger partial charge in [0.25, 0.3) is 0 Å². The minimum absolute atomic E-state index is 0.0388. The number of methoxy groups -OCH3 is 1. The van der Waals surface area contributed by atoms with E-state index >= 15 is 0 Å². The molecule has 3 aromatic carbocycles. The molecule has 0 aliphatic carbocycles. The van der Waals surface area contributed by atoms with Crippen LogP contribution in [-0.4, -0.2) is 65.2 Å². The van der Waals surface area contributed by atoms with Gasteiger partial charge in [-0.05, 0) is 53.2 Å². The lowest BCUT2D eigenvalue weighted by Gasteiger charge is -2.38. The Balaban J connectivity index is 1.49. The van der Waals surface area contributed by atoms with E-state index in [-0.39, 0.29) is 23.9 Å². The summed E-state index contributed by atoms with van der Waals surface area (Å²) in [6, 6.07) is 19.8. The van der Waals surface area contributed by atoms with Crippen molar-refractivity contribution in [3.8, 4) is 5.75 Å². The highest BCUT2D eigenvalue weighted by atomic mass is 28.3. The molecule has 8 heteroatoms. The molecule has 6 nitrogen and oxygen atoms in total. The van der Waals surface area contributed by atoms with E-state index in [2.05, 4.69) is 37.8 Å². The van der Waals surface area contributed by atoms with Gasteiger partial charge in [0.1, 0.15) is 11.6 Å². The second-order valence-corrected chi connectivity index (χ2v) is 17.3. The number of carbonyl (C=O) groups is 1. The van der Waals surface area contributed by atoms with Gasteiger partial charge < -0.3 is 23.8 Å². The van der Waals surface area contributed by atoms with E-state index < -0.39 is 8.07 Å². The number of halogens is 1. The molecule has 0 N–H and O–H groups in total. The van der Waals surface area contributed by atoms with Crippen LogP contribution in [0.4, 0.5) is 9.18 Å². The normalized spacial score (nSPS) is 17.7. The highest BCUT2D eigenvalue weighted by molar-refractivity contribution is 6.76. The first-order valence-corrected chi connectivity index (χ1v) is 17.9. The Bertz CT molecular complexity index is 1250. The van der Waals surface area contributed by atoms with Crippen molar-refractivity contribution in [1.29, 1.82) is 0 Å². The number of piperidine rings is 1. The van der Waals surface area contributed by atoms with Crippen LogP contribution in [0.2, 0.25) is 25.7 Å². The van der Waals surface area contributed by atoms with E-state index in [0.29, 0.717) is 45.9 Å². The fraction of sp³-hybridized carbons (Fsp3) is 0.469. The molecule has 216 valence electrons. The zero-order valence-electron chi connectivity index (χ0n) is 24.2. The van der Waals surface area contributed by atoms with Crippen LogP contribution in [0.15, 0.2) is 60.7 Å². The van der Waals surface area contributed by atoms with E-state index in [9.17, 15) is 9.18 Å². The van der Waals surface area contributed by atoms with Crippen LogP contribution >= 0.6 is 0 Å². The first-order chi connectivity index (χ1) is 19.2. The largest absolute Gasteiger partial charge is 0.493 e. The van der Waals surface area contributed by atoms with Gasteiger partial charge in [-0.25, -0.2) is 9.18 Å². The van der Waals surface area contributed by atoms with Crippen LogP contribution in [0.25, 0.3) is 10.8 Å². The number of rotatable bonds is 12. The number of ether oxygens (including phenoxy) is 4. The predicted molar refractivity (Wildman–Crippen MR) is 159 cm³/mol. The zero-order valence-corrected chi connectivity index (χ0v) is 25.2. The van der Waals surface area contributed by atoms with Crippen molar-refractivity contribution in [1.82, 2.24) is 4.90 Å². The van der Waals surface area contributed by atoms with Crippen molar-refractivity contribution < 1.29 is 28.1 Å². The molecule has 1 aliphatic rings. The number of benzene rings is 3. The number of amides is 1. The number of hydrogen-bond donors (Lipinski definition) is 0. The lowest BCUT2D eigenvalue weighted by atomic mass is 9.87. The average molecular weight is 568 g/mol. The van der Waals surface area contributed by atoms with Gasteiger partial charge in [-0.15, -0.1) is 0 Å². The molecule has 1 amide bonds. The van der Waals surface area contributed by atoms with Crippen LogP contribution in [-0.2, 0) is 20.8 Å². The molecule has 1 aliphatic heterocycles. The maximum absolute atomic E-state index is 13.7. The summed E-state index contributed by atoms with van der Waals surface area (Å²) in [6.45, 7) is 9.80. The van der Waals surface area contributed by atoms with Gasteiger partial charge in [0.05, 0.1) is 32.5 Å². The molecule has 0 aromatic heterocycles. The summed E-state index contributed by atoms with van der Waals surface area (Å²) in [6.07, 6.45) is 0.963. The van der Waals surface area contributed by atoms with Crippen molar-refractivity contribution in [2.45, 2.75) is 57.2 Å². The van der Waals surface area contributed by atoms with Crippen LogP contribution < -0.4 is 4.74 Å². The third-order valence-corrected chi connectivity index (χ3v) is 9.00. The van der Waals surface area contributed by atoms with Crippen molar-refractivity contribution in [2.24, 2.45) is 0 Å². The number of carbonyl (C=O) groups excluding carboxylic acids is 1. The summed E-state index contributed by atoms with van der Waals surface area (Å²) in [5.41, 5.74) is 2.01. The second kappa shape index (κ2) is 14.1. The summed E-state index contributed by atoms with van der Waals surface area (Å²) >= 11 is 0. The summed E-state index contributed by atoms with van der Waals surface area (Å²) in [5, 5.41) is 2.13. The molecule has 1 saturated heterocycles. The molecule has 0 spiro atoms. The molecule has 2 unspecified atom stereocenters. The van der Waals surface area contributed by atoms with Crippen LogP contribution in [0, 0.1) is 5.82 Å². The molecule has 1 fully saturated rings. The summed E-state index contributed by atoms with van der Waals surface area (Å²) in [7, 11) is 0.385. The lowest BCUT2D eigenvalue weighted by Crippen LogP contribution is -2.47. The van der Waals surface area contributed by atoms with Crippen molar-refractivity contribution in [2.75, 3.05) is 40.0 Å².